The second-order valence-electron chi connectivity index (χ2n) is 6.85. The van der Waals surface area contributed by atoms with Crippen LogP contribution in [0.5, 0.6) is 0 Å². The number of nitrogens with zero attached hydrogens (tertiary/aromatic N) is 1. The first kappa shape index (κ1) is 20.4. The van der Waals surface area contributed by atoms with Crippen molar-refractivity contribution in [2.45, 2.75) is 45.3 Å². The molecule has 0 saturated carbocycles. The number of nitrogens with one attached hydrogen (secondary N) is 1. The molecule has 26 heavy (non-hydrogen) atoms. The summed E-state index contributed by atoms with van der Waals surface area (Å²) in [4.78, 5) is 2.50. The molecule has 3 N–H and O–H groups in total. The molecule has 2 aromatic carbocycles. The van der Waals surface area contributed by atoms with Crippen molar-refractivity contribution in [1.29, 1.82) is 0 Å². The van der Waals surface area contributed by atoms with Gasteiger partial charge in [0.1, 0.15) is 0 Å². The van der Waals surface area contributed by atoms with Crippen molar-refractivity contribution in [3.05, 3.63) is 59.7 Å². The third-order valence-electron chi connectivity index (χ3n) is 4.74. The largest absolute Gasteiger partial charge is 0.391 e. The number of hydrogen-bond donors (Lipinski definition) is 3. The first-order valence-electron chi connectivity index (χ1n) is 9.48. The first-order valence-corrected chi connectivity index (χ1v) is 9.48. The molecule has 2 aromatic rings. The molecule has 1 heterocycles. The predicted molar refractivity (Wildman–Crippen MR) is 109 cm³/mol. The summed E-state index contributed by atoms with van der Waals surface area (Å²) in [7, 11) is 2.02. The van der Waals surface area contributed by atoms with Crippen LogP contribution in [-0.4, -0.2) is 42.6 Å². The molecule has 2 unspecified atom stereocenters. The molecule has 4 heteroatoms. The summed E-state index contributed by atoms with van der Waals surface area (Å²) in [5.41, 5.74) is 5.70. The maximum absolute atomic E-state index is 8.38. The molecule has 1 aliphatic rings. The number of para-hydroxylation sites is 2. The zero-order chi connectivity index (χ0) is 18.9. The highest BCUT2D eigenvalue weighted by Gasteiger charge is 2.19. The van der Waals surface area contributed by atoms with Gasteiger partial charge < -0.3 is 20.4 Å². The summed E-state index contributed by atoms with van der Waals surface area (Å²) in [6.07, 6.45) is 2.24. The van der Waals surface area contributed by atoms with Crippen molar-refractivity contribution in [1.82, 2.24) is 5.32 Å². The molecule has 0 radical (unpaired) electrons. The van der Waals surface area contributed by atoms with Crippen LogP contribution in [0.1, 0.15) is 31.4 Å². The van der Waals surface area contributed by atoms with E-state index in [1.807, 2.05) is 7.05 Å². The van der Waals surface area contributed by atoms with Gasteiger partial charge >= 0.3 is 0 Å². The fourth-order valence-corrected chi connectivity index (χ4v) is 3.03. The van der Waals surface area contributed by atoms with Gasteiger partial charge in [-0.15, -0.1) is 0 Å². The Morgan fingerprint density at radius 1 is 0.885 bits per heavy atom. The summed E-state index contributed by atoms with van der Waals surface area (Å²) in [5, 5.41) is 20.0. The van der Waals surface area contributed by atoms with Crippen LogP contribution < -0.4 is 10.2 Å². The number of aliphatic hydroxyl groups is 2. The van der Waals surface area contributed by atoms with Crippen LogP contribution in [0.4, 0.5) is 11.4 Å². The summed E-state index contributed by atoms with van der Waals surface area (Å²) in [6.45, 7) is 5.21. The second kappa shape index (κ2) is 10.3. The van der Waals surface area contributed by atoms with Crippen LogP contribution in [-0.2, 0) is 12.8 Å². The minimum absolute atomic E-state index is 0.593. The van der Waals surface area contributed by atoms with E-state index in [4.69, 9.17) is 10.2 Å². The number of rotatable bonds is 5. The average molecular weight is 357 g/mol. The highest BCUT2D eigenvalue weighted by molar-refractivity contribution is 5.71. The SMILES string of the molecule is CC(O)C(C)O.CNCCCN1c2ccccc2CCc2ccccc21. The Balaban J connectivity index is 0.000000352. The molecule has 3 rings (SSSR count). The number of fused-ring (bicyclic) bond motifs is 2. The minimum Gasteiger partial charge on any atom is -0.391 e. The molecule has 0 aliphatic carbocycles. The summed E-state index contributed by atoms with van der Waals surface area (Å²) in [5.74, 6) is 0. The Bertz CT molecular complexity index is 617. The van der Waals surface area contributed by atoms with Crippen LogP contribution in [0, 0.1) is 0 Å². The minimum atomic E-state index is -0.593. The van der Waals surface area contributed by atoms with Crippen molar-refractivity contribution in [3.63, 3.8) is 0 Å². The maximum Gasteiger partial charge on any atom is 0.0768 e. The highest BCUT2D eigenvalue weighted by Crippen LogP contribution is 2.35. The third kappa shape index (κ3) is 5.56. The summed E-state index contributed by atoms with van der Waals surface area (Å²) >= 11 is 0. The van der Waals surface area contributed by atoms with E-state index in [0.717, 1.165) is 32.4 Å². The zero-order valence-corrected chi connectivity index (χ0v) is 16.2. The standard InChI is InChI=1S/C18H22N2.C4H10O2/c1-19-13-6-14-20-17-9-4-2-7-15(17)11-12-16-8-3-5-10-18(16)20;1-3(5)4(2)6/h2-5,7-10,19H,6,11-14H2,1H3;3-6H,1-2H3. The molecule has 4 nitrogen and oxygen atoms in total. The molecular formula is C22H32N2O2. The van der Waals surface area contributed by atoms with Crippen molar-refractivity contribution < 1.29 is 10.2 Å². The van der Waals surface area contributed by atoms with Gasteiger partial charge in [-0.05, 0) is 70.0 Å². The molecule has 0 saturated heterocycles. The van der Waals surface area contributed by atoms with Gasteiger partial charge in [-0.1, -0.05) is 36.4 Å². The molecule has 1 aliphatic heterocycles. The third-order valence-corrected chi connectivity index (χ3v) is 4.74. The van der Waals surface area contributed by atoms with E-state index in [-0.39, 0.29) is 0 Å². The van der Waals surface area contributed by atoms with Crippen molar-refractivity contribution in [3.8, 4) is 0 Å². The van der Waals surface area contributed by atoms with E-state index in [2.05, 4.69) is 58.7 Å². The van der Waals surface area contributed by atoms with Gasteiger partial charge in [-0.3, -0.25) is 0 Å². The molecule has 0 amide bonds. The maximum atomic E-state index is 8.38. The van der Waals surface area contributed by atoms with Gasteiger partial charge in [0, 0.05) is 17.9 Å². The lowest BCUT2D eigenvalue weighted by Crippen LogP contribution is -2.22. The Morgan fingerprint density at radius 3 is 1.77 bits per heavy atom. The number of anilines is 2. The van der Waals surface area contributed by atoms with Gasteiger partial charge in [0.15, 0.2) is 0 Å². The van der Waals surface area contributed by atoms with Gasteiger partial charge in [0.2, 0.25) is 0 Å². The molecule has 142 valence electrons. The normalized spacial score (nSPS) is 15.0. The summed E-state index contributed by atoms with van der Waals surface area (Å²) < 4.78 is 0. The average Bonchev–Trinajstić information content (AvgIpc) is 2.80. The Kier molecular flexibility index (Phi) is 8.10. The highest BCUT2D eigenvalue weighted by atomic mass is 16.3. The van der Waals surface area contributed by atoms with Crippen LogP contribution in [0.2, 0.25) is 0 Å². The molecular weight excluding hydrogens is 324 g/mol. The lowest BCUT2D eigenvalue weighted by Gasteiger charge is -2.27. The number of aliphatic hydroxyl groups excluding tert-OH is 2. The van der Waals surface area contributed by atoms with Gasteiger partial charge in [0.25, 0.3) is 0 Å². The second-order valence-corrected chi connectivity index (χ2v) is 6.85. The fraction of sp³-hybridized carbons (Fsp3) is 0.455. The van der Waals surface area contributed by atoms with Crippen LogP contribution >= 0.6 is 0 Å². The van der Waals surface area contributed by atoms with Crippen molar-refractivity contribution >= 4 is 11.4 Å². The van der Waals surface area contributed by atoms with Gasteiger partial charge in [-0.25, -0.2) is 0 Å². The first-order chi connectivity index (χ1) is 12.5. The van der Waals surface area contributed by atoms with Crippen molar-refractivity contribution in [2.75, 3.05) is 25.0 Å². The Morgan fingerprint density at radius 2 is 1.35 bits per heavy atom. The van der Waals surface area contributed by atoms with E-state index in [0.29, 0.717) is 0 Å². The van der Waals surface area contributed by atoms with Crippen molar-refractivity contribution in [2.24, 2.45) is 0 Å². The topological polar surface area (TPSA) is 55.7 Å². The number of aryl methyl sites for hydroxylation is 2. The zero-order valence-electron chi connectivity index (χ0n) is 16.2. The quantitative estimate of drug-likeness (QED) is 0.720. The molecule has 0 aromatic heterocycles. The Labute approximate surface area is 157 Å². The summed E-state index contributed by atoms with van der Waals surface area (Å²) in [6, 6.07) is 17.7. The molecule has 0 bridgehead atoms. The van der Waals surface area contributed by atoms with Gasteiger partial charge in [0.05, 0.1) is 12.2 Å². The van der Waals surface area contributed by atoms with Crippen LogP contribution in [0.3, 0.4) is 0 Å². The predicted octanol–water partition coefficient (Wildman–Crippen LogP) is 3.28. The molecule has 2 atom stereocenters. The van der Waals surface area contributed by atoms with E-state index in [1.54, 1.807) is 13.8 Å². The monoisotopic (exact) mass is 356 g/mol. The molecule has 0 fully saturated rings. The van der Waals surface area contributed by atoms with E-state index >= 15 is 0 Å². The van der Waals surface area contributed by atoms with E-state index < -0.39 is 12.2 Å². The number of hydrogen-bond acceptors (Lipinski definition) is 4. The lowest BCUT2D eigenvalue weighted by atomic mass is 10.0. The Hall–Kier alpha value is -1.88. The van der Waals surface area contributed by atoms with E-state index in [1.165, 1.54) is 22.5 Å². The van der Waals surface area contributed by atoms with E-state index in [9.17, 15) is 0 Å². The lowest BCUT2D eigenvalue weighted by molar-refractivity contribution is 0.0438. The number of benzene rings is 2. The van der Waals surface area contributed by atoms with Gasteiger partial charge in [-0.2, -0.15) is 0 Å². The van der Waals surface area contributed by atoms with Crippen LogP contribution in [0.25, 0.3) is 0 Å². The smallest absolute Gasteiger partial charge is 0.0768 e. The fourth-order valence-electron chi connectivity index (χ4n) is 3.03. The molecule has 0 spiro atoms. The van der Waals surface area contributed by atoms with Crippen LogP contribution in [0.15, 0.2) is 48.5 Å².